The quantitative estimate of drug-likeness (QED) is 0.900. The van der Waals surface area contributed by atoms with Crippen LogP contribution in [0, 0.1) is 0 Å². The second-order valence-electron chi connectivity index (χ2n) is 4.89. The Morgan fingerprint density at radius 1 is 1.37 bits per heavy atom. The predicted octanol–water partition coefficient (Wildman–Crippen LogP) is 1.69. The highest BCUT2D eigenvalue weighted by atomic mass is 16.3. The predicted molar refractivity (Wildman–Crippen MR) is 70.2 cm³/mol. The number of nitrogens with one attached hydrogen (secondary N) is 1. The Labute approximate surface area is 113 Å². The van der Waals surface area contributed by atoms with E-state index in [0.29, 0.717) is 32.4 Å². The first kappa shape index (κ1) is 13.6. The molecule has 1 aliphatic rings. The van der Waals surface area contributed by atoms with Crippen LogP contribution in [0.2, 0.25) is 0 Å². The van der Waals surface area contributed by atoms with Crippen LogP contribution in [0.15, 0.2) is 22.8 Å². The van der Waals surface area contributed by atoms with Crippen molar-refractivity contribution in [2.45, 2.75) is 45.2 Å². The highest BCUT2D eigenvalue weighted by Gasteiger charge is 2.41. The Balaban J connectivity index is 2.23. The van der Waals surface area contributed by atoms with E-state index in [1.54, 1.807) is 17.2 Å². The topological polar surface area (TPSA) is 62.6 Å². The largest absolute Gasteiger partial charge is 0.467 e. The molecule has 1 aromatic heterocycles. The zero-order valence-electron chi connectivity index (χ0n) is 11.4. The second kappa shape index (κ2) is 5.47. The van der Waals surface area contributed by atoms with Crippen molar-refractivity contribution < 1.29 is 14.0 Å². The van der Waals surface area contributed by atoms with E-state index in [1.165, 1.54) is 0 Å². The van der Waals surface area contributed by atoms with Gasteiger partial charge in [0, 0.05) is 13.0 Å². The van der Waals surface area contributed by atoms with E-state index >= 15 is 0 Å². The zero-order valence-corrected chi connectivity index (χ0v) is 11.4. The Kier molecular flexibility index (Phi) is 3.93. The molecule has 5 nitrogen and oxygen atoms in total. The molecule has 1 aromatic rings. The molecule has 0 atom stereocenters. The number of carbonyl (C=O) groups is 2. The van der Waals surface area contributed by atoms with Crippen molar-refractivity contribution in [3.05, 3.63) is 24.2 Å². The molecule has 2 heterocycles. The summed E-state index contributed by atoms with van der Waals surface area (Å²) in [6.07, 6.45) is 3.13. The SMILES string of the molecule is CCC1(CC)NC(=O)CCN(Cc2ccco2)C1=O. The molecule has 1 saturated heterocycles. The van der Waals surface area contributed by atoms with Gasteiger partial charge in [-0.05, 0) is 25.0 Å². The number of hydrogen-bond acceptors (Lipinski definition) is 3. The van der Waals surface area contributed by atoms with Crippen LogP contribution < -0.4 is 5.32 Å². The van der Waals surface area contributed by atoms with Crippen molar-refractivity contribution in [2.75, 3.05) is 6.54 Å². The van der Waals surface area contributed by atoms with Crippen molar-refractivity contribution in [3.8, 4) is 0 Å². The van der Waals surface area contributed by atoms with Crippen LogP contribution in [-0.2, 0) is 16.1 Å². The fourth-order valence-corrected chi connectivity index (χ4v) is 2.49. The van der Waals surface area contributed by atoms with Crippen LogP contribution in [0.25, 0.3) is 0 Å². The maximum absolute atomic E-state index is 12.7. The summed E-state index contributed by atoms with van der Waals surface area (Å²) in [6.45, 7) is 4.71. The summed E-state index contributed by atoms with van der Waals surface area (Å²) in [4.78, 5) is 26.2. The summed E-state index contributed by atoms with van der Waals surface area (Å²) in [6, 6.07) is 3.64. The van der Waals surface area contributed by atoms with Gasteiger partial charge < -0.3 is 14.6 Å². The molecule has 0 bridgehead atoms. The van der Waals surface area contributed by atoms with Gasteiger partial charge in [-0.15, -0.1) is 0 Å². The van der Waals surface area contributed by atoms with Gasteiger partial charge in [0.15, 0.2) is 0 Å². The van der Waals surface area contributed by atoms with Crippen molar-refractivity contribution in [1.82, 2.24) is 10.2 Å². The summed E-state index contributed by atoms with van der Waals surface area (Å²) in [5.41, 5.74) is -0.764. The average molecular weight is 264 g/mol. The third-order valence-corrected chi connectivity index (χ3v) is 3.82. The smallest absolute Gasteiger partial charge is 0.248 e. The van der Waals surface area contributed by atoms with E-state index in [2.05, 4.69) is 5.32 Å². The normalized spacial score (nSPS) is 19.2. The number of amides is 2. The van der Waals surface area contributed by atoms with Gasteiger partial charge in [0.25, 0.3) is 0 Å². The van der Waals surface area contributed by atoms with Gasteiger partial charge >= 0.3 is 0 Å². The highest BCUT2D eigenvalue weighted by molar-refractivity contribution is 5.93. The number of carbonyl (C=O) groups excluding carboxylic acids is 2. The van der Waals surface area contributed by atoms with Gasteiger partial charge in [-0.3, -0.25) is 9.59 Å². The highest BCUT2D eigenvalue weighted by Crippen LogP contribution is 2.23. The molecule has 104 valence electrons. The second-order valence-corrected chi connectivity index (χ2v) is 4.89. The van der Waals surface area contributed by atoms with Crippen molar-refractivity contribution in [3.63, 3.8) is 0 Å². The molecule has 19 heavy (non-hydrogen) atoms. The van der Waals surface area contributed by atoms with Gasteiger partial charge in [-0.25, -0.2) is 0 Å². The summed E-state index contributed by atoms with van der Waals surface area (Å²) >= 11 is 0. The third kappa shape index (κ3) is 2.64. The molecule has 2 amide bonds. The first-order valence-electron chi connectivity index (χ1n) is 6.74. The van der Waals surface area contributed by atoms with Gasteiger partial charge in [0.1, 0.15) is 11.3 Å². The number of nitrogens with zero attached hydrogens (tertiary/aromatic N) is 1. The number of hydrogen-bond donors (Lipinski definition) is 1. The molecule has 0 aliphatic carbocycles. The maximum atomic E-state index is 12.7. The summed E-state index contributed by atoms with van der Waals surface area (Å²) in [5, 5.41) is 2.89. The van der Waals surface area contributed by atoms with Crippen LogP contribution >= 0.6 is 0 Å². The lowest BCUT2D eigenvalue weighted by Gasteiger charge is -2.33. The van der Waals surface area contributed by atoms with E-state index in [0.717, 1.165) is 5.76 Å². The molecule has 1 aliphatic heterocycles. The van der Waals surface area contributed by atoms with Gasteiger partial charge in [0.05, 0.1) is 12.8 Å². The molecular weight excluding hydrogens is 244 g/mol. The Bertz CT molecular complexity index is 449. The third-order valence-electron chi connectivity index (χ3n) is 3.82. The zero-order chi connectivity index (χ0) is 13.9. The first-order valence-corrected chi connectivity index (χ1v) is 6.74. The number of rotatable bonds is 4. The fourth-order valence-electron chi connectivity index (χ4n) is 2.49. The molecule has 0 radical (unpaired) electrons. The molecule has 1 N–H and O–H groups in total. The summed E-state index contributed by atoms with van der Waals surface area (Å²) in [7, 11) is 0. The monoisotopic (exact) mass is 264 g/mol. The van der Waals surface area contributed by atoms with E-state index in [4.69, 9.17) is 4.42 Å². The first-order chi connectivity index (χ1) is 9.11. The molecule has 2 rings (SSSR count). The summed E-state index contributed by atoms with van der Waals surface area (Å²) in [5.74, 6) is 0.669. The van der Waals surface area contributed by atoms with E-state index in [-0.39, 0.29) is 11.8 Å². The minimum atomic E-state index is -0.764. The van der Waals surface area contributed by atoms with E-state index in [9.17, 15) is 9.59 Å². The Morgan fingerprint density at radius 3 is 2.68 bits per heavy atom. The van der Waals surface area contributed by atoms with Crippen LogP contribution in [0.4, 0.5) is 0 Å². The van der Waals surface area contributed by atoms with E-state index in [1.807, 2.05) is 19.9 Å². The minimum absolute atomic E-state index is 0.0141. The molecule has 0 saturated carbocycles. The van der Waals surface area contributed by atoms with E-state index < -0.39 is 5.54 Å². The standard InChI is InChI=1S/C14H20N2O3/c1-3-14(4-2)13(18)16(8-7-12(17)15-14)10-11-6-5-9-19-11/h5-6,9H,3-4,7-8,10H2,1-2H3,(H,15,17). The van der Waals surface area contributed by atoms with Crippen LogP contribution in [0.1, 0.15) is 38.9 Å². The lowest BCUT2D eigenvalue weighted by atomic mass is 9.91. The Morgan fingerprint density at radius 2 is 2.11 bits per heavy atom. The van der Waals surface area contributed by atoms with Crippen LogP contribution in [0.3, 0.4) is 0 Å². The molecule has 1 fully saturated rings. The van der Waals surface area contributed by atoms with Crippen molar-refractivity contribution in [1.29, 1.82) is 0 Å². The minimum Gasteiger partial charge on any atom is -0.467 e. The average Bonchev–Trinajstić information content (AvgIpc) is 2.89. The number of furan rings is 1. The summed E-state index contributed by atoms with van der Waals surface area (Å²) < 4.78 is 5.29. The van der Waals surface area contributed by atoms with Gasteiger partial charge in [-0.1, -0.05) is 13.8 Å². The molecular formula is C14H20N2O3. The van der Waals surface area contributed by atoms with Crippen LogP contribution in [0.5, 0.6) is 0 Å². The fraction of sp³-hybridized carbons (Fsp3) is 0.571. The maximum Gasteiger partial charge on any atom is 0.248 e. The molecule has 5 heteroatoms. The van der Waals surface area contributed by atoms with Crippen molar-refractivity contribution >= 4 is 11.8 Å². The Hall–Kier alpha value is -1.78. The molecule has 0 spiro atoms. The van der Waals surface area contributed by atoms with Crippen LogP contribution in [-0.4, -0.2) is 28.8 Å². The van der Waals surface area contributed by atoms with Crippen molar-refractivity contribution in [2.24, 2.45) is 0 Å². The molecule has 0 aromatic carbocycles. The van der Waals surface area contributed by atoms with Gasteiger partial charge in [-0.2, -0.15) is 0 Å². The lowest BCUT2D eigenvalue weighted by Crippen LogP contribution is -2.56. The molecule has 0 unspecified atom stereocenters. The van der Waals surface area contributed by atoms with Gasteiger partial charge in [0.2, 0.25) is 11.8 Å². The lowest BCUT2D eigenvalue weighted by molar-refractivity contribution is -0.140.